The summed E-state index contributed by atoms with van der Waals surface area (Å²) in [4.78, 5) is 29.6. The number of pyridine rings is 2. The van der Waals surface area contributed by atoms with E-state index in [9.17, 15) is 4.79 Å². The van der Waals surface area contributed by atoms with Crippen LogP contribution in [0.4, 0.5) is 5.69 Å². The minimum absolute atomic E-state index is 0.0501. The number of rotatable bonds is 7. The second-order valence-corrected chi connectivity index (χ2v) is 9.90. The van der Waals surface area contributed by atoms with Gasteiger partial charge in [0.05, 0.1) is 36.0 Å². The second-order valence-electron chi connectivity index (χ2n) is 9.90. The Balaban J connectivity index is 1.22. The number of imidazole rings is 1. The van der Waals surface area contributed by atoms with Crippen molar-refractivity contribution in [1.82, 2.24) is 30.8 Å². The number of amides is 1. The van der Waals surface area contributed by atoms with Crippen LogP contribution in [0.2, 0.25) is 0 Å². The molecular formula is C27H31N7O2. The molecular weight excluding hydrogens is 454 g/mol. The maximum absolute atomic E-state index is 12.2. The Kier molecular flexibility index (Phi) is 6.25. The van der Waals surface area contributed by atoms with Crippen LogP contribution in [-0.2, 0) is 4.79 Å². The summed E-state index contributed by atoms with van der Waals surface area (Å²) in [7, 11) is 0. The molecule has 186 valence electrons. The number of furan rings is 1. The Morgan fingerprint density at radius 3 is 3.03 bits per heavy atom. The minimum Gasteiger partial charge on any atom is -0.472 e. The first-order valence-corrected chi connectivity index (χ1v) is 12.8. The molecule has 1 saturated heterocycles. The first kappa shape index (κ1) is 22.9. The molecule has 1 amide bonds. The minimum atomic E-state index is 0.0501. The van der Waals surface area contributed by atoms with Crippen molar-refractivity contribution < 1.29 is 9.21 Å². The Bertz CT molecular complexity index is 1350. The van der Waals surface area contributed by atoms with Crippen LogP contribution in [-0.4, -0.2) is 31.9 Å². The van der Waals surface area contributed by atoms with Crippen LogP contribution in [0.1, 0.15) is 68.8 Å². The lowest BCUT2D eigenvalue weighted by Gasteiger charge is -2.33. The highest BCUT2D eigenvalue weighted by molar-refractivity contribution is 5.90. The van der Waals surface area contributed by atoms with Crippen molar-refractivity contribution in [1.29, 1.82) is 0 Å². The third-order valence-electron chi connectivity index (χ3n) is 7.56. The van der Waals surface area contributed by atoms with Gasteiger partial charge in [-0.05, 0) is 61.3 Å². The zero-order valence-corrected chi connectivity index (χ0v) is 20.3. The Labute approximate surface area is 209 Å². The van der Waals surface area contributed by atoms with Crippen LogP contribution < -0.4 is 16.2 Å². The highest BCUT2D eigenvalue weighted by Gasteiger charge is 2.42. The van der Waals surface area contributed by atoms with Gasteiger partial charge in [0, 0.05) is 36.0 Å². The number of aromatic nitrogens is 4. The normalized spacial score (nSPS) is 23.6. The number of anilines is 1. The summed E-state index contributed by atoms with van der Waals surface area (Å²) in [5, 5.41) is 3.01. The van der Waals surface area contributed by atoms with E-state index in [1.807, 2.05) is 18.3 Å². The highest BCUT2D eigenvalue weighted by Crippen LogP contribution is 2.44. The molecule has 6 rings (SSSR count). The van der Waals surface area contributed by atoms with Gasteiger partial charge in [0.2, 0.25) is 5.91 Å². The van der Waals surface area contributed by atoms with Gasteiger partial charge in [0.25, 0.3) is 0 Å². The third kappa shape index (κ3) is 4.40. The van der Waals surface area contributed by atoms with E-state index in [1.165, 1.54) is 5.56 Å². The molecule has 0 spiro atoms. The molecule has 1 aliphatic carbocycles. The van der Waals surface area contributed by atoms with Crippen molar-refractivity contribution in [2.24, 2.45) is 5.92 Å². The van der Waals surface area contributed by atoms with Gasteiger partial charge in [-0.15, -0.1) is 0 Å². The van der Waals surface area contributed by atoms with Crippen LogP contribution in [0.5, 0.6) is 0 Å². The molecule has 0 radical (unpaired) electrons. The summed E-state index contributed by atoms with van der Waals surface area (Å²) in [6, 6.07) is 6.45. The average Bonchev–Trinajstić information content (AvgIpc) is 3.66. The number of hydrazine groups is 1. The molecule has 1 aliphatic heterocycles. The number of carbonyl (C=O) groups excluding carboxylic acids is 1. The van der Waals surface area contributed by atoms with Gasteiger partial charge in [-0.1, -0.05) is 13.3 Å². The number of hydrogen-bond donors (Lipinski definition) is 4. The summed E-state index contributed by atoms with van der Waals surface area (Å²) in [5.41, 5.74) is 12.6. The smallest absolute Gasteiger partial charge is 0.224 e. The van der Waals surface area contributed by atoms with Crippen molar-refractivity contribution >= 4 is 22.8 Å². The molecule has 36 heavy (non-hydrogen) atoms. The molecule has 4 aromatic rings. The molecule has 1 saturated carbocycles. The van der Waals surface area contributed by atoms with Crippen LogP contribution in [0.15, 0.2) is 53.7 Å². The predicted molar refractivity (Wildman–Crippen MR) is 137 cm³/mol. The lowest BCUT2D eigenvalue weighted by atomic mass is 9.73. The molecule has 4 N–H and O–H groups in total. The summed E-state index contributed by atoms with van der Waals surface area (Å²) in [6.45, 7) is 2.09. The fraction of sp³-hybridized carbons (Fsp3) is 0.407. The summed E-state index contributed by atoms with van der Waals surface area (Å²) in [6.07, 6.45) is 14.5. The third-order valence-corrected chi connectivity index (χ3v) is 7.56. The van der Waals surface area contributed by atoms with E-state index in [4.69, 9.17) is 9.40 Å². The van der Waals surface area contributed by atoms with Crippen molar-refractivity contribution in [3.8, 4) is 11.1 Å². The van der Waals surface area contributed by atoms with E-state index >= 15 is 0 Å². The van der Waals surface area contributed by atoms with E-state index in [-0.39, 0.29) is 11.9 Å². The van der Waals surface area contributed by atoms with Gasteiger partial charge in [-0.2, -0.15) is 0 Å². The molecule has 4 aromatic heterocycles. The number of nitrogens with one attached hydrogen (secondary N) is 4. The second kappa shape index (κ2) is 9.83. The van der Waals surface area contributed by atoms with Crippen molar-refractivity contribution in [2.45, 2.75) is 63.5 Å². The molecule has 4 atom stereocenters. The lowest BCUT2D eigenvalue weighted by molar-refractivity contribution is -0.116. The Morgan fingerprint density at radius 2 is 2.17 bits per heavy atom. The summed E-state index contributed by atoms with van der Waals surface area (Å²) in [5.74, 6) is 1.69. The molecule has 9 heteroatoms. The van der Waals surface area contributed by atoms with Crippen molar-refractivity contribution in [3.63, 3.8) is 0 Å². The molecule has 2 aliphatic rings. The van der Waals surface area contributed by atoms with Gasteiger partial charge in [-0.3, -0.25) is 15.2 Å². The molecule has 5 heterocycles. The summed E-state index contributed by atoms with van der Waals surface area (Å²) < 4.78 is 5.29. The lowest BCUT2D eigenvalue weighted by Crippen LogP contribution is -2.34. The fourth-order valence-corrected chi connectivity index (χ4v) is 5.68. The standard InChI is InChI=1S/C27H31N7O2/c1-2-3-4-23(35)30-19-11-18(13-28-14-19)16-5-6-22-21(12-16)25(34-33-22)27-31-24-20(17-8-10-36-15-17)7-9-29-26(24)32-27/h7-11,13-16,21-22,25,33-34H,2-6,12H2,1H3,(H,30,35)(H,29,31,32). The first-order valence-electron chi connectivity index (χ1n) is 12.8. The van der Waals surface area contributed by atoms with E-state index < -0.39 is 0 Å². The zero-order valence-electron chi connectivity index (χ0n) is 20.3. The molecule has 0 bridgehead atoms. The molecule has 2 fully saturated rings. The fourth-order valence-electron chi connectivity index (χ4n) is 5.68. The van der Waals surface area contributed by atoms with Crippen molar-refractivity contribution in [3.05, 3.63) is 60.7 Å². The van der Waals surface area contributed by atoms with Gasteiger partial charge in [-0.25, -0.2) is 15.4 Å². The topological polar surface area (TPSA) is 121 Å². The van der Waals surface area contributed by atoms with E-state index in [1.54, 1.807) is 24.9 Å². The highest BCUT2D eigenvalue weighted by atomic mass is 16.3. The number of unbranched alkanes of at least 4 members (excludes halogenated alkanes) is 1. The zero-order chi connectivity index (χ0) is 24.5. The quantitative estimate of drug-likeness (QED) is 0.295. The van der Waals surface area contributed by atoms with Crippen LogP contribution >= 0.6 is 0 Å². The SMILES string of the molecule is CCCCC(=O)Nc1cncc(C2CCC3NNC(c4nc5nccc(-c6ccoc6)c5[nH]4)C3C2)c1. The Morgan fingerprint density at radius 1 is 1.22 bits per heavy atom. The van der Waals surface area contributed by atoms with E-state index in [0.29, 0.717) is 29.9 Å². The van der Waals surface area contributed by atoms with Gasteiger partial charge in [0.15, 0.2) is 5.65 Å². The monoisotopic (exact) mass is 485 g/mol. The maximum Gasteiger partial charge on any atom is 0.224 e. The van der Waals surface area contributed by atoms with Gasteiger partial charge in [0.1, 0.15) is 5.82 Å². The molecule has 0 aromatic carbocycles. The van der Waals surface area contributed by atoms with Crippen LogP contribution in [0, 0.1) is 5.92 Å². The van der Waals surface area contributed by atoms with Gasteiger partial charge >= 0.3 is 0 Å². The van der Waals surface area contributed by atoms with E-state index in [0.717, 1.165) is 60.3 Å². The number of carbonyl (C=O) groups is 1. The summed E-state index contributed by atoms with van der Waals surface area (Å²) >= 11 is 0. The number of hydrogen-bond acceptors (Lipinski definition) is 7. The maximum atomic E-state index is 12.2. The van der Waals surface area contributed by atoms with Crippen LogP contribution in [0.25, 0.3) is 22.3 Å². The molecule has 9 nitrogen and oxygen atoms in total. The number of aromatic amines is 1. The number of fused-ring (bicyclic) bond motifs is 2. The predicted octanol–water partition coefficient (Wildman–Crippen LogP) is 4.84. The Hall–Kier alpha value is -3.56. The molecule has 4 unspecified atom stereocenters. The number of H-pyrrole nitrogens is 1. The largest absolute Gasteiger partial charge is 0.472 e. The number of nitrogens with zero attached hydrogens (tertiary/aromatic N) is 3. The van der Waals surface area contributed by atoms with Crippen molar-refractivity contribution in [2.75, 3.05) is 5.32 Å². The average molecular weight is 486 g/mol. The van der Waals surface area contributed by atoms with E-state index in [2.05, 4.69) is 44.1 Å². The first-order chi connectivity index (χ1) is 17.7. The van der Waals surface area contributed by atoms with Gasteiger partial charge < -0.3 is 14.7 Å². The van der Waals surface area contributed by atoms with Crippen LogP contribution in [0.3, 0.4) is 0 Å².